The Hall–Kier alpha value is -1.95. The molecule has 0 aliphatic rings. The quantitative estimate of drug-likeness (QED) is 0.904. The molecule has 1 heterocycles. The molecule has 88 valence electrons. The van der Waals surface area contributed by atoms with Gasteiger partial charge in [-0.25, -0.2) is 4.79 Å². The van der Waals surface area contributed by atoms with Crippen molar-refractivity contribution in [1.29, 1.82) is 0 Å². The third-order valence-corrected chi connectivity index (χ3v) is 2.89. The van der Waals surface area contributed by atoms with Gasteiger partial charge < -0.3 is 9.84 Å². The monoisotopic (exact) mass is 250 g/mol. The minimum absolute atomic E-state index is 0.0143. The molecule has 0 saturated carbocycles. The van der Waals surface area contributed by atoms with Crippen molar-refractivity contribution in [3.05, 3.63) is 29.5 Å². The van der Waals surface area contributed by atoms with Gasteiger partial charge in [0.05, 0.1) is 18.8 Å². The lowest BCUT2D eigenvalue weighted by Gasteiger charge is -2.05. The van der Waals surface area contributed by atoms with Crippen LogP contribution >= 0.6 is 11.7 Å². The van der Waals surface area contributed by atoms with Crippen molar-refractivity contribution in [3.8, 4) is 17.0 Å². The average Bonchev–Trinajstić information content (AvgIpc) is 2.77. The first kappa shape index (κ1) is 11.5. The van der Waals surface area contributed by atoms with Crippen LogP contribution in [0.25, 0.3) is 11.3 Å². The van der Waals surface area contributed by atoms with Crippen LogP contribution in [0, 0.1) is 6.92 Å². The smallest absolute Gasteiger partial charge is 0.357 e. The van der Waals surface area contributed by atoms with Crippen molar-refractivity contribution >= 4 is 17.7 Å². The Bertz CT molecular complexity index is 566. The van der Waals surface area contributed by atoms with Crippen molar-refractivity contribution in [2.45, 2.75) is 6.92 Å². The number of aryl methyl sites for hydroxylation is 1. The van der Waals surface area contributed by atoms with Crippen LogP contribution in [0.5, 0.6) is 5.75 Å². The summed E-state index contributed by atoms with van der Waals surface area (Å²) in [5.74, 6) is -0.309. The Balaban J connectivity index is 2.50. The van der Waals surface area contributed by atoms with Gasteiger partial charge in [0, 0.05) is 5.56 Å². The summed E-state index contributed by atoms with van der Waals surface area (Å²) in [4.78, 5) is 10.9. The summed E-state index contributed by atoms with van der Waals surface area (Å²) in [7, 11) is 1.59. The van der Waals surface area contributed by atoms with E-state index in [1.54, 1.807) is 19.2 Å². The van der Waals surface area contributed by atoms with Crippen LogP contribution < -0.4 is 4.74 Å². The van der Waals surface area contributed by atoms with E-state index in [4.69, 9.17) is 9.84 Å². The Kier molecular flexibility index (Phi) is 3.06. The highest BCUT2D eigenvalue weighted by Gasteiger charge is 2.17. The van der Waals surface area contributed by atoms with Crippen LogP contribution in [0.15, 0.2) is 18.2 Å². The number of hydrogen-bond donors (Lipinski definition) is 1. The van der Waals surface area contributed by atoms with Crippen molar-refractivity contribution in [2.75, 3.05) is 7.11 Å². The topological polar surface area (TPSA) is 72.3 Å². The molecular weight excluding hydrogens is 240 g/mol. The van der Waals surface area contributed by atoms with Crippen molar-refractivity contribution in [1.82, 2.24) is 8.75 Å². The molecule has 0 radical (unpaired) electrons. The Morgan fingerprint density at radius 3 is 2.76 bits per heavy atom. The van der Waals surface area contributed by atoms with Crippen LogP contribution in [-0.4, -0.2) is 26.9 Å². The summed E-state index contributed by atoms with van der Waals surface area (Å²) in [5, 5.41) is 8.97. The van der Waals surface area contributed by atoms with Gasteiger partial charge in [0.2, 0.25) is 0 Å². The number of benzene rings is 1. The zero-order valence-electron chi connectivity index (χ0n) is 9.30. The fourth-order valence-corrected chi connectivity index (χ4v) is 2.10. The molecule has 1 aromatic heterocycles. The maximum atomic E-state index is 10.9. The van der Waals surface area contributed by atoms with E-state index < -0.39 is 5.97 Å². The van der Waals surface area contributed by atoms with E-state index in [-0.39, 0.29) is 5.69 Å². The van der Waals surface area contributed by atoms with Crippen molar-refractivity contribution < 1.29 is 14.6 Å². The first-order chi connectivity index (χ1) is 8.13. The molecular formula is C11H10N2O3S. The van der Waals surface area contributed by atoms with E-state index in [9.17, 15) is 4.79 Å². The normalized spacial score (nSPS) is 10.2. The Morgan fingerprint density at radius 2 is 2.18 bits per heavy atom. The number of ether oxygens (including phenoxy) is 1. The second kappa shape index (κ2) is 4.50. The van der Waals surface area contributed by atoms with E-state index in [1.165, 1.54) is 0 Å². The van der Waals surface area contributed by atoms with Gasteiger partial charge in [-0.3, -0.25) is 0 Å². The lowest BCUT2D eigenvalue weighted by atomic mass is 10.1. The fourth-order valence-electron chi connectivity index (χ4n) is 1.54. The maximum Gasteiger partial charge on any atom is 0.357 e. The van der Waals surface area contributed by atoms with Crippen LogP contribution in [0.1, 0.15) is 16.1 Å². The predicted molar refractivity (Wildman–Crippen MR) is 63.6 cm³/mol. The lowest BCUT2D eigenvalue weighted by Crippen LogP contribution is -1.99. The summed E-state index contributed by atoms with van der Waals surface area (Å²) in [5.41, 5.74) is 2.04. The van der Waals surface area contributed by atoms with Gasteiger partial charge in [0.15, 0.2) is 5.69 Å². The summed E-state index contributed by atoms with van der Waals surface area (Å²) in [6.07, 6.45) is 0. The van der Waals surface area contributed by atoms with E-state index in [2.05, 4.69) is 8.75 Å². The average molecular weight is 250 g/mol. The summed E-state index contributed by atoms with van der Waals surface area (Å²) >= 11 is 0.893. The highest BCUT2D eigenvalue weighted by molar-refractivity contribution is 6.99. The van der Waals surface area contributed by atoms with Gasteiger partial charge in [0.25, 0.3) is 0 Å². The molecule has 2 rings (SSSR count). The molecule has 0 aliphatic heterocycles. The molecule has 0 unspecified atom stereocenters. The number of carbonyl (C=O) groups is 1. The molecule has 0 spiro atoms. The molecule has 0 fully saturated rings. The van der Waals surface area contributed by atoms with E-state index in [0.717, 1.165) is 28.6 Å². The first-order valence-electron chi connectivity index (χ1n) is 4.84. The summed E-state index contributed by atoms with van der Waals surface area (Å²) in [6, 6.07) is 5.40. The minimum atomic E-state index is -1.07. The molecule has 0 amide bonds. The largest absolute Gasteiger partial charge is 0.496 e. The van der Waals surface area contributed by atoms with Gasteiger partial charge in [-0.05, 0) is 30.7 Å². The van der Waals surface area contributed by atoms with Gasteiger partial charge in [-0.2, -0.15) is 8.75 Å². The molecule has 17 heavy (non-hydrogen) atoms. The third-order valence-electron chi connectivity index (χ3n) is 2.36. The minimum Gasteiger partial charge on any atom is -0.496 e. The molecule has 0 aliphatic carbocycles. The maximum absolute atomic E-state index is 10.9. The number of hydrogen-bond acceptors (Lipinski definition) is 5. The van der Waals surface area contributed by atoms with Gasteiger partial charge >= 0.3 is 5.97 Å². The van der Waals surface area contributed by atoms with E-state index in [1.807, 2.05) is 13.0 Å². The molecule has 0 atom stereocenters. The van der Waals surface area contributed by atoms with Gasteiger partial charge in [-0.15, -0.1) is 0 Å². The lowest BCUT2D eigenvalue weighted by molar-refractivity contribution is 0.0692. The second-order valence-electron chi connectivity index (χ2n) is 3.45. The first-order valence-corrected chi connectivity index (χ1v) is 5.57. The number of methoxy groups -OCH3 is 1. The van der Waals surface area contributed by atoms with Crippen LogP contribution in [0.3, 0.4) is 0 Å². The number of carboxylic acids is 1. The van der Waals surface area contributed by atoms with Crippen molar-refractivity contribution in [2.24, 2.45) is 0 Å². The van der Waals surface area contributed by atoms with Crippen LogP contribution in [-0.2, 0) is 0 Å². The van der Waals surface area contributed by atoms with Crippen LogP contribution in [0.4, 0.5) is 0 Å². The molecule has 0 bridgehead atoms. The van der Waals surface area contributed by atoms with Crippen LogP contribution in [0.2, 0.25) is 0 Å². The van der Waals surface area contributed by atoms with E-state index >= 15 is 0 Å². The number of aromatic nitrogens is 2. The molecule has 0 saturated heterocycles. The zero-order chi connectivity index (χ0) is 12.4. The summed E-state index contributed by atoms with van der Waals surface area (Å²) in [6.45, 7) is 1.89. The Morgan fingerprint density at radius 1 is 1.41 bits per heavy atom. The van der Waals surface area contributed by atoms with Crippen molar-refractivity contribution in [3.63, 3.8) is 0 Å². The molecule has 1 N–H and O–H groups in total. The molecule has 1 aromatic carbocycles. The number of rotatable bonds is 3. The number of nitrogens with zero attached hydrogens (tertiary/aromatic N) is 2. The fraction of sp³-hybridized carbons (Fsp3) is 0.182. The molecule has 6 heteroatoms. The highest BCUT2D eigenvalue weighted by atomic mass is 32.1. The third kappa shape index (κ3) is 2.12. The molecule has 5 nitrogen and oxygen atoms in total. The number of carboxylic acid groups (broad SMARTS) is 1. The second-order valence-corrected chi connectivity index (χ2v) is 3.98. The standard InChI is InChI=1S/C11H10N2O3S/c1-6-5-7(3-4-8(6)16-2)9-10(11(14)15)13-17-12-9/h3-5H,1-2H3,(H,14,15). The van der Waals surface area contributed by atoms with E-state index in [0.29, 0.717) is 5.69 Å². The number of aromatic carboxylic acids is 1. The highest BCUT2D eigenvalue weighted by Crippen LogP contribution is 2.27. The summed E-state index contributed by atoms with van der Waals surface area (Å²) < 4.78 is 12.9. The zero-order valence-corrected chi connectivity index (χ0v) is 10.1. The predicted octanol–water partition coefficient (Wildman–Crippen LogP) is 2.22. The van der Waals surface area contributed by atoms with Gasteiger partial charge in [0.1, 0.15) is 11.4 Å². The Labute approximate surface area is 102 Å². The van der Waals surface area contributed by atoms with Gasteiger partial charge in [-0.1, -0.05) is 0 Å². The molecule has 2 aromatic rings. The SMILES string of the molecule is COc1ccc(-c2nsnc2C(=O)O)cc1C.